The molecule has 1 nitrogen and oxygen atoms in total. The Morgan fingerprint density at radius 2 is 2.00 bits per heavy atom. The summed E-state index contributed by atoms with van der Waals surface area (Å²) in [6, 6.07) is 13.3. The van der Waals surface area contributed by atoms with Crippen LogP contribution in [0, 0.1) is 5.82 Å². The zero-order valence-electron chi connectivity index (χ0n) is 11.9. The van der Waals surface area contributed by atoms with Crippen molar-refractivity contribution in [1.29, 1.82) is 0 Å². The van der Waals surface area contributed by atoms with Gasteiger partial charge >= 0.3 is 0 Å². The highest BCUT2D eigenvalue weighted by molar-refractivity contribution is 6.30. The molecule has 0 saturated carbocycles. The number of nitrogens with two attached hydrogens (primary N) is 1. The van der Waals surface area contributed by atoms with Gasteiger partial charge in [-0.15, -0.1) is 0 Å². The van der Waals surface area contributed by atoms with Crippen molar-refractivity contribution in [2.75, 3.05) is 0 Å². The zero-order chi connectivity index (χ0) is 14.8. The van der Waals surface area contributed by atoms with Crippen molar-refractivity contribution in [2.24, 2.45) is 5.73 Å². The third kappa shape index (κ3) is 2.97. The fourth-order valence-electron chi connectivity index (χ4n) is 3.34. The molecule has 1 aliphatic rings. The van der Waals surface area contributed by atoms with Gasteiger partial charge in [-0.3, -0.25) is 0 Å². The molecule has 2 unspecified atom stereocenters. The molecule has 1 aliphatic carbocycles. The molecule has 0 fully saturated rings. The molecule has 2 aromatic carbocycles. The van der Waals surface area contributed by atoms with Crippen molar-refractivity contribution in [3.05, 3.63) is 70.0 Å². The van der Waals surface area contributed by atoms with Gasteiger partial charge in [-0.2, -0.15) is 0 Å². The highest BCUT2D eigenvalue weighted by Crippen LogP contribution is 2.37. The van der Waals surface area contributed by atoms with E-state index >= 15 is 0 Å². The minimum atomic E-state index is -0.379. The molecule has 0 amide bonds. The van der Waals surface area contributed by atoms with Gasteiger partial charge in [0.15, 0.2) is 0 Å². The largest absolute Gasteiger partial charge is 0.324 e. The predicted molar refractivity (Wildman–Crippen MR) is 85.1 cm³/mol. The number of aryl methyl sites for hydroxylation is 1. The van der Waals surface area contributed by atoms with E-state index in [1.807, 2.05) is 0 Å². The summed E-state index contributed by atoms with van der Waals surface area (Å²) in [5, 5.41) is 0.145. The molecule has 2 N–H and O–H groups in total. The van der Waals surface area contributed by atoms with E-state index in [9.17, 15) is 4.39 Å². The lowest BCUT2D eigenvalue weighted by atomic mass is 9.79. The maximum absolute atomic E-state index is 14.1. The number of fused-ring (bicyclic) bond motifs is 1. The second-order valence-corrected chi connectivity index (χ2v) is 6.18. The van der Waals surface area contributed by atoms with Crippen LogP contribution in [0.4, 0.5) is 4.39 Å². The molecule has 0 aromatic heterocycles. The highest BCUT2D eigenvalue weighted by Gasteiger charge is 2.24. The molecule has 0 bridgehead atoms. The minimum absolute atomic E-state index is 0.145. The lowest BCUT2D eigenvalue weighted by molar-refractivity contribution is 0.465. The first-order chi connectivity index (χ1) is 10.2. The van der Waals surface area contributed by atoms with Gasteiger partial charge in [-0.25, -0.2) is 4.39 Å². The minimum Gasteiger partial charge on any atom is -0.324 e. The van der Waals surface area contributed by atoms with Crippen LogP contribution in [-0.2, 0) is 6.42 Å². The van der Waals surface area contributed by atoms with Gasteiger partial charge in [0, 0.05) is 11.6 Å². The smallest absolute Gasteiger partial charge is 0.146 e. The van der Waals surface area contributed by atoms with E-state index in [-0.39, 0.29) is 16.9 Å². The van der Waals surface area contributed by atoms with Gasteiger partial charge in [0.05, 0.1) is 5.02 Å². The molecular weight excluding hydrogens is 285 g/mol. The van der Waals surface area contributed by atoms with E-state index in [4.69, 9.17) is 17.3 Å². The fourth-order valence-corrected chi connectivity index (χ4v) is 3.52. The Labute approximate surface area is 129 Å². The van der Waals surface area contributed by atoms with Crippen molar-refractivity contribution in [3.63, 3.8) is 0 Å². The van der Waals surface area contributed by atoms with E-state index in [0.717, 1.165) is 19.3 Å². The summed E-state index contributed by atoms with van der Waals surface area (Å²) in [7, 11) is 0. The summed E-state index contributed by atoms with van der Waals surface area (Å²) >= 11 is 5.85. The van der Waals surface area contributed by atoms with Crippen LogP contribution in [0.3, 0.4) is 0 Å². The first-order valence-corrected chi connectivity index (χ1v) is 7.82. The van der Waals surface area contributed by atoms with Crippen LogP contribution in [0.5, 0.6) is 0 Å². The fraction of sp³-hybridized carbons (Fsp3) is 0.333. The first kappa shape index (κ1) is 14.6. The van der Waals surface area contributed by atoms with Crippen molar-refractivity contribution in [3.8, 4) is 0 Å². The molecular formula is C18H19ClFN. The molecule has 3 heteroatoms. The van der Waals surface area contributed by atoms with Crippen LogP contribution < -0.4 is 5.73 Å². The summed E-state index contributed by atoms with van der Waals surface area (Å²) in [4.78, 5) is 0. The number of hydrogen-bond acceptors (Lipinski definition) is 1. The Balaban J connectivity index is 1.83. The van der Waals surface area contributed by atoms with Gasteiger partial charge < -0.3 is 5.73 Å². The lowest BCUT2D eigenvalue weighted by Crippen LogP contribution is -2.19. The topological polar surface area (TPSA) is 26.0 Å². The molecule has 0 radical (unpaired) electrons. The third-order valence-electron chi connectivity index (χ3n) is 4.41. The molecule has 21 heavy (non-hydrogen) atoms. The summed E-state index contributed by atoms with van der Waals surface area (Å²) in [6.45, 7) is 0. The highest BCUT2D eigenvalue weighted by atomic mass is 35.5. The van der Waals surface area contributed by atoms with E-state index in [1.165, 1.54) is 17.5 Å². The van der Waals surface area contributed by atoms with Crippen LogP contribution in [0.25, 0.3) is 0 Å². The van der Waals surface area contributed by atoms with Crippen LogP contribution in [0.2, 0.25) is 5.02 Å². The van der Waals surface area contributed by atoms with Crippen LogP contribution in [0.15, 0.2) is 42.5 Å². The Morgan fingerprint density at radius 3 is 2.86 bits per heavy atom. The maximum Gasteiger partial charge on any atom is 0.146 e. The standard InChI is InChI=1S/C18H19ClFN/c19-16-10-4-9-15(18(16)20)17(21)11-13-7-3-6-12-5-1-2-8-14(12)13/h1-2,4-5,8-10,13,17H,3,6-7,11,21H2. The van der Waals surface area contributed by atoms with Gasteiger partial charge in [-0.1, -0.05) is 48.0 Å². The Hall–Kier alpha value is -1.38. The zero-order valence-corrected chi connectivity index (χ0v) is 12.6. The van der Waals surface area contributed by atoms with Crippen molar-refractivity contribution >= 4 is 11.6 Å². The number of benzene rings is 2. The van der Waals surface area contributed by atoms with Crippen molar-refractivity contribution in [1.82, 2.24) is 0 Å². The van der Waals surface area contributed by atoms with E-state index in [0.29, 0.717) is 11.5 Å². The summed E-state index contributed by atoms with van der Waals surface area (Å²) in [5.74, 6) is 0.0269. The predicted octanol–water partition coefficient (Wildman–Crippen LogP) is 4.99. The molecule has 0 spiro atoms. The van der Waals surface area contributed by atoms with Crippen LogP contribution in [0.1, 0.15) is 47.9 Å². The first-order valence-electron chi connectivity index (χ1n) is 7.44. The second-order valence-electron chi connectivity index (χ2n) is 5.77. The van der Waals surface area contributed by atoms with Crippen molar-refractivity contribution in [2.45, 2.75) is 37.6 Å². The average molecular weight is 304 g/mol. The normalized spacial score (nSPS) is 19.1. The molecule has 0 heterocycles. The molecule has 2 atom stereocenters. The Morgan fingerprint density at radius 1 is 1.19 bits per heavy atom. The van der Waals surface area contributed by atoms with Gasteiger partial charge in [0.1, 0.15) is 5.82 Å². The monoisotopic (exact) mass is 303 g/mol. The molecule has 3 rings (SSSR count). The van der Waals surface area contributed by atoms with E-state index in [1.54, 1.807) is 18.2 Å². The number of rotatable bonds is 3. The average Bonchev–Trinajstić information content (AvgIpc) is 2.50. The number of hydrogen-bond donors (Lipinski definition) is 1. The Kier molecular flexibility index (Phi) is 4.27. The summed E-state index contributed by atoms with van der Waals surface area (Å²) < 4.78 is 14.1. The van der Waals surface area contributed by atoms with Crippen LogP contribution >= 0.6 is 11.6 Å². The maximum atomic E-state index is 14.1. The Bertz CT molecular complexity index is 641. The van der Waals surface area contributed by atoms with E-state index in [2.05, 4.69) is 24.3 Å². The van der Waals surface area contributed by atoms with Crippen molar-refractivity contribution < 1.29 is 4.39 Å². The van der Waals surface area contributed by atoms with Gasteiger partial charge in [0.2, 0.25) is 0 Å². The number of halogens is 2. The SMILES string of the molecule is NC(CC1CCCc2ccccc21)c1cccc(Cl)c1F. The second kappa shape index (κ2) is 6.17. The van der Waals surface area contributed by atoms with Gasteiger partial charge in [-0.05, 0) is 48.8 Å². The van der Waals surface area contributed by atoms with Gasteiger partial charge in [0.25, 0.3) is 0 Å². The van der Waals surface area contributed by atoms with Crippen LogP contribution in [-0.4, -0.2) is 0 Å². The summed E-state index contributed by atoms with van der Waals surface area (Å²) in [6.07, 6.45) is 4.18. The quantitative estimate of drug-likeness (QED) is 0.849. The summed E-state index contributed by atoms with van der Waals surface area (Å²) in [5.41, 5.74) is 9.56. The van der Waals surface area contributed by atoms with E-state index < -0.39 is 0 Å². The molecule has 110 valence electrons. The lowest BCUT2D eigenvalue weighted by Gasteiger charge is -2.28. The molecule has 0 aliphatic heterocycles. The third-order valence-corrected chi connectivity index (χ3v) is 4.70. The molecule has 0 saturated heterocycles. The molecule has 2 aromatic rings.